The van der Waals surface area contributed by atoms with Gasteiger partial charge in [-0.15, -0.1) is 11.3 Å². The average molecular weight is 250 g/mol. The fraction of sp³-hybridized carbons (Fsp3) is 0.167. The number of rotatable bonds is 3. The maximum absolute atomic E-state index is 11.1. The zero-order chi connectivity index (χ0) is 12.4. The van der Waals surface area contributed by atoms with Crippen molar-refractivity contribution in [3.8, 4) is 5.75 Å². The van der Waals surface area contributed by atoms with Crippen molar-refractivity contribution < 1.29 is 19.4 Å². The minimum atomic E-state index is -0.326. The minimum Gasteiger partial charge on any atom is -0.507 e. The van der Waals surface area contributed by atoms with Gasteiger partial charge < -0.3 is 9.84 Å². The summed E-state index contributed by atoms with van der Waals surface area (Å²) in [5.41, 5.74) is 0.259. The smallest absolute Gasteiger partial charge is 0.310 e. The second kappa shape index (κ2) is 4.55. The van der Waals surface area contributed by atoms with Gasteiger partial charge in [0.2, 0.25) is 0 Å². The van der Waals surface area contributed by atoms with E-state index in [1.807, 2.05) is 0 Å². The van der Waals surface area contributed by atoms with E-state index in [-0.39, 0.29) is 23.7 Å². The van der Waals surface area contributed by atoms with Crippen LogP contribution in [0.15, 0.2) is 18.2 Å². The summed E-state index contributed by atoms with van der Waals surface area (Å²) in [5, 5.41) is 10.2. The molecule has 4 nitrogen and oxygen atoms in total. The number of phenols is 1. The van der Waals surface area contributed by atoms with E-state index in [9.17, 15) is 14.7 Å². The number of phenolic OH excluding ortho intramolecular Hbond substituents is 1. The van der Waals surface area contributed by atoms with Crippen molar-refractivity contribution in [2.45, 2.75) is 6.42 Å². The fourth-order valence-electron chi connectivity index (χ4n) is 1.60. The molecule has 1 aromatic heterocycles. The van der Waals surface area contributed by atoms with Crippen LogP contribution < -0.4 is 0 Å². The number of carbonyl (C=O) groups excluding carboxylic acids is 2. The molecule has 0 aliphatic rings. The summed E-state index contributed by atoms with van der Waals surface area (Å²) in [4.78, 5) is 22.8. The molecule has 0 unspecified atom stereocenters. The van der Waals surface area contributed by atoms with Gasteiger partial charge in [0.15, 0.2) is 6.29 Å². The van der Waals surface area contributed by atoms with Crippen LogP contribution in [0.4, 0.5) is 0 Å². The number of ether oxygens (including phenoxy) is 1. The van der Waals surface area contributed by atoms with Gasteiger partial charge in [-0.2, -0.15) is 0 Å². The zero-order valence-corrected chi connectivity index (χ0v) is 9.91. The Bertz CT molecular complexity index is 585. The predicted molar refractivity (Wildman–Crippen MR) is 64.6 cm³/mol. The van der Waals surface area contributed by atoms with Crippen LogP contribution in [0.5, 0.6) is 5.75 Å². The van der Waals surface area contributed by atoms with E-state index in [4.69, 9.17) is 0 Å². The molecule has 1 aromatic carbocycles. The molecule has 0 aliphatic carbocycles. The van der Waals surface area contributed by atoms with Crippen molar-refractivity contribution in [2.75, 3.05) is 7.11 Å². The third-order valence-corrected chi connectivity index (χ3v) is 3.53. The lowest BCUT2D eigenvalue weighted by Crippen LogP contribution is -2.02. The summed E-state index contributed by atoms with van der Waals surface area (Å²) in [5.74, 6) is -0.372. The van der Waals surface area contributed by atoms with Crippen molar-refractivity contribution in [1.29, 1.82) is 0 Å². The number of hydrogen-bond acceptors (Lipinski definition) is 5. The van der Waals surface area contributed by atoms with Crippen LogP contribution >= 0.6 is 11.3 Å². The summed E-state index contributed by atoms with van der Waals surface area (Å²) in [7, 11) is 1.33. The molecule has 0 saturated carbocycles. The number of hydrogen-bond donors (Lipinski definition) is 1. The molecule has 2 rings (SSSR count). The van der Waals surface area contributed by atoms with Crippen LogP contribution in [0.3, 0.4) is 0 Å². The zero-order valence-electron chi connectivity index (χ0n) is 9.10. The van der Waals surface area contributed by atoms with Crippen LogP contribution in [0.25, 0.3) is 10.1 Å². The number of fused-ring (bicyclic) bond motifs is 1. The molecule has 5 heteroatoms. The van der Waals surface area contributed by atoms with Gasteiger partial charge in [0, 0.05) is 15.0 Å². The van der Waals surface area contributed by atoms with Gasteiger partial charge in [-0.05, 0) is 18.2 Å². The van der Waals surface area contributed by atoms with Crippen molar-refractivity contribution in [3.63, 3.8) is 0 Å². The van der Waals surface area contributed by atoms with Gasteiger partial charge in [0.05, 0.1) is 19.1 Å². The molecule has 0 saturated heterocycles. The molecule has 0 bridgehead atoms. The Labute approximate surface area is 101 Å². The third kappa shape index (κ3) is 2.14. The molecule has 0 atom stereocenters. The van der Waals surface area contributed by atoms with Crippen LogP contribution in [0.2, 0.25) is 0 Å². The van der Waals surface area contributed by atoms with Gasteiger partial charge >= 0.3 is 5.97 Å². The fourth-order valence-corrected chi connectivity index (χ4v) is 2.66. The van der Waals surface area contributed by atoms with Crippen LogP contribution in [-0.4, -0.2) is 24.5 Å². The highest BCUT2D eigenvalue weighted by Gasteiger charge is 2.12. The monoisotopic (exact) mass is 250 g/mol. The van der Waals surface area contributed by atoms with E-state index in [2.05, 4.69) is 4.74 Å². The summed E-state index contributed by atoms with van der Waals surface area (Å²) in [6.07, 6.45) is 0.793. The molecule has 17 heavy (non-hydrogen) atoms. The number of thiophene rings is 1. The molecular formula is C12H10O4S. The second-order valence-corrected chi connectivity index (χ2v) is 4.66. The quantitative estimate of drug-likeness (QED) is 0.669. The highest BCUT2D eigenvalue weighted by molar-refractivity contribution is 7.19. The van der Waals surface area contributed by atoms with Crippen molar-refractivity contribution in [3.05, 3.63) is 28.6 Å². The lowest BCUT2D eigenvalue weighted by molar-refractivity contribution is -0.139. The molecule has 1 N–H and O–H groups in total. The van der Waals surface area contributed by atoms with E-state index >= 15 is 0 Å². The number of methoxy groups -OCH3 is 1. The molecule has 1 heterocycles. The summed E-state index contributed by atoms with van der Waals surface area (Å²) in [6.45, 7) is 0. The van der Waals surface area contributed by atoms with Crippen molar-refractivity contribution in [1.82, 2.24) is 0 Å². The Balaban J connectivity index is 2.50. The first-order chi connectivity index (χ1) is 8.15. The molecule has 0 aliphatic heterocycles. The summed E-state index contributed by atoms with van der Waals surface area (Å²) in [6, 6.07) is 4.94. The number of benzene rings is 1. The maximum Gasteiger partial charge on any atom is 0.310 e. The second-order valence-electron chi connectivity index (χ2n) is 3.49. The van der Waals surface area contributed by atoms with Crippen LogP contribution in [-0.2, 0) is 16.0 Å². The predicted octanol–water partition coefficient (Wildman–Crippen LogP) is 2.13. The van der Waals surface area contributed by atoms with Crippen molar-refractivity contribution in [2.24, 2.45) is 0 Å². The van der Waals surface area contributed by atoms with E-state index in [0.29, 0.717) is 11.7 Å². The number of aldehydes is 1. The van der Waals surface area contributed by atoms with Crippen LogP contribution in [0, 0.1) is 0 Å². The van der Waals surface area contributed by atoms with E-state index in [0.717, 1.165) is 9.58 Å². The first-order valence-electron chi connectivity index (χ1n) is 4.92. The topological polar surface area (TPSA) is 63.6 Å². The summed E-state index contributed by atoms with van der Waals surface area (Å²) < 4.78 is 5.44. The molecule has 88 valence electrons. The SMILES string of the molecule is COC(=O)Cc1cc2c(C=O)c(O)ccc2s1. The number of carbonyl (C=O) groups is 2. The maximum atomic E-state index is 11.1. The van der Waals surface area contributed by atoms with Gasteiger partial charge in [-0.1, -0.05) is 0 Å². The third-order valence-electron chi connectivity index (χ3n) is 2.43. The Morgan fingerprint density at radius 2 is 2.29 bits per heavy atom. The van der Waals surface area contributed by atoms with Gasteiger partial charge in [-0.25, -0.2) is 0 Å². The average Bonchev–Trinajstić information content (AvgIpc) is 2.71. The number of esters is 1. The molecule has 0 amide bonds. The lowest BCUT2D eigenvalue weighted by Gasteiger charge is -1.97. The Morgan fingerprint density at radius 1 is 1.53 bits per heavy atom. The molecule has 2 aromatic rings. The highest BCUT2D eigenvalue weighted by Crippen LogP contribution is 2.32. The first kappa shape index (κ1) is 11.6. The molecule has 0 spiro atoms. The molecule has 0 radical (unpaired) electrons. The van der Waals surface area contributed by atoms with E-state index in [1.165, 1.54) is 24.5 Å². The van der Waals surface area contributed by atoms with E-state index < -0.39 is 0 Å². The minimum absolute atomic E-state index is 0.0464. The van der Waals surface area contributed by atoms with Crippen molar-refractivity contribution >= 4 is 33.7 Å². The standard InChI is InChI=1S/C12H10O4S/c1-16-12(15)5-7-4-8-9(6-13)10(14)2-3-11(8)17-7/h2-4,6,14H,5H2,1H3. The normalized spacial score (nSPS) is 10.4. The largest absolute Gasteiger partial charge is 0.507 e. The van der Waals surface area contributed by atoms with Gasteiger partial charge in [-0.3, -0.25) is 9.59 Å². The molecular weight excluding hydrogens is 240 g/mol. The Morgan fingerprint density at radius 3 is 2.94 bits per heavy atom. The Hall–Kier alpha value is -1.88. The molecule has 0 fully saturated rings. The highest BCUT2D eigenvalue weighted by atomic mass is 32.1. The van der Waals surface area contributed by atoms with Gasteiger partial charge in [0.1, 0.15) is 5.75 Å². The first-order valence-corrected chi connectivity index (χ1v) is 5.73. The lowest BCUT2D eigenvalue weighted by atomic mass is 10.1. The van der Waals surface area contributed by atoms with E-state index in [1.54, 1.807) is 12.1 Å². The summed E-state index contributed by atoms with van der Waals surface area (Å²) >= 11 is 1.41. The Kier molecular flexibility index (Phi) is 3.10. The van der Waals surface area contributed by atoms with Gasteiger partial charge in [0.25, 0.3) is 0 Å². The number of aromatic hydroxyl groups is 1. The van der Waals surface area contributed by atoms with Crippen LogP contribution in [0.1, 0.15) is 15.2 Å².